The monoisotopic (exact) mass is 423 g/mol. The van der Waals surface area contributed by atoms with Crippen LogP contribution in [0.4, 0.5) is 5.69 Å². The number of sulfonamides is 1. The van der Waals surface area contributed by atoms with E-state index in [4.69, 9.17) is 9.47 Å². The van der Waals surface area contributed by atoms with Gasteiger partial charge in [0.2, 0.25) is 5.88 Å². The van der Waals surface area contributed by atoms with Gasteiger partial charge in [-0.2, -0.15) is 5.10 Å². The average Bonchev–Trinajstić information content (AvgIpc) is 3.30. The molecule has 0 aliphatic heterocycles. The fourth-order valence-electron chi connectivity index (χ4n) is 2.66. The fraction of sp³-hybridized carbons (Fsp3) is 0.0500. The van der Waals surface area contributed by atoms with Crippen LogP contribution in [0.25, 0.3) is 5.82 Å². The van der Waals surface area contributed by atoms with Crippen LogP contribution < -0.4 is 14.2 Å². The van der Waals surface area contributed by atoms with Gasteiger partial charge in [0.25, 0.3) is 10.0 Å². The highest BCUT2D eigenvalue weighted by Gasteiger charge is 2.19. The van der Waals surface area contributed by atoms with Crippen LogP contribution in [0.5, 0.6) is 17.4 Å². The first kappa shape index (κ1) is 19.4. The second kappa shape index (κ2) is 8.21. The summed E-state index contributed by atoms with van der Waals surface area (Å²) >= 11 is 0. The SMILES string of the molecule is COc1ccccc1S(=O)(=O)Nc1ccc(Oc2ccc(-n3cccn3)nn2)cc1. The third-order valence-electron chi connectivity index (χ3n) is 4.05. The molecule has 0 bridgehead atoms. The molecule has 0 atom stereocenters. The van der Waals surface area contributed by atoms with Crippen LogP contribution in [0.3, 0.4) is 0 Å². The molecule has 0 saturated heterocycles. The summed E-state index contributed by atoms with van der Waals surface area (Å²) in [6.07, 6.45) is 3.41. The van der Waals surface area contributed by atoms with Crippen LogP contribution in [0.15, 0.2) is 84.0 Å². The molecule has 1 N–H and O–H groups in total. The quantitative estimate of drug-likeness (QED) is 0.486. The average molecular weight is 423 g/mol. The second-order valence-electron chi connectivity index (χ2n) is 6.06. The number of methoxy groups -OCH3 is 1. The molecule has 2 aromatic heterocycles. The van der Waals surface area contributed by atoms with Crippen LogP contribution >= 0.6 is 0 Å². The number of benzene rings is 2. The number of aromatic nitrogens is 4. The second-order valence-corrected chi connectivity index (χ2v) is 7.71. The zero-order valence-corrected chi connectivity index (χ0v) is 16.7. The van der Waals surface area contributed by atoms with Gasteiger partial charge in [-0.3, -0.25) is 4.72 Å². The minimum Gasteiger partial charge on any atom is -0.495 e. The van der Waals surface area contributed by atoms with Crippen molar-refractivity contribution < 1.29 is 17.9 Å². The largest absolute Gasteiger partial charge is 0.495 e. The molecule has 30 heavy (non-hydrogen) atoms. The molecule has 0 unspecified atom stereocenters. The summed E-state index contributed by atoms with van der Waals surface area (Å²) in [5.74, 6) is 1.61. The standard InChI is InChI=1S/C20H17N5O4S/c1-28-17-5-2-3-6-18(17)30(26,27)24-15-7-9-16(10-8-15)29-20-12-11-19(22-23-20)25-14-4-13-21-25/h2-14,24H,1H3. The van der Waals surface area contributed by atoms with E-state index in [0.717, 1.165) is 0 Å². The van der Waals surface area contributed by atoms with Crippen molar-refractivity contribution in [2.75, 3.05) is 11.8 Å². The van der Waals surface area contributed by atoms with Gasteiger partial charge in [0.1, 0.15) is 16.4 Å². The number of anilines is 1. The lowest BCUT2D eigenvalue weighted by Gasteiger charge is -2.12. The third kappa shape index (κ3) is 4.23. The Kier molecular flexibility index (Phi) is 5.31. The van der Waals surface area contributed by atoms with Crippen molar-refractivity contribution in [3.63, 3.8) is 0 Å². The first-order valence-electron chi connectivity index (χ1n) is 8.83. The molecule has 0 radical (unpaired) electrons. The summed E-state index contributed by atoms with van der Waals surface area (Å²) < 4.78 is 40.2. The molecule has 0 amide bonds. The van der Waals surface area contributed by atoms with Crippen LogP contribution in [-0.4, -0.2) is 35.5 Å². The van der Waals surface area contributed by atoms with E-state index in [-0.39, 0.29) is 10.6 Å². The Morgan fingerprint density at radius 3 is 2.40 bits per heavy atom. The van der Waals surface area contributed by atoms with Gasteiger partial charge < -0.3 is 9.47 Å². The molecule has 0 spiro atoms. The van der Waals surface area contributed by atoms with E-state index in [0.29, 0.717) is 23.1 Å². The van der Waals surface area contributed by atoms with Gasteiger partial charge >= 0.3 is 0 Å². The van der Waals surface area contributed by atoms with Gasteiger partial charge in [-0.25, -0.2) is 13.1 Å². The van der Waals surface area contributed by atoms with E-state index in [1.165, 1.54) is 13.2 Å². The first-order valence-corrected chi connectivity index (χ1v) is 10.3. The summed E-state index contributed by atoms with van der Waals surface area (Å²) in [5, 5.41) is 12.1. The maximum atomic E-state index is 12.6. The van der Waals surface area contributed by atoms with Gasteiger partial charge in [0.15, 0.2) is 5.82 Å². The molecule has 152 valence electrons. The molecule has 2 heterocycles. The number of hydrogen-bond acceptors (Lipinski definition) is 7. The minimum atomic E-state index is -3.80. The van der Waals surface area contributed by atoms with Crippen molar-refractivity contribution >= 4 is 15.7 Å². The van der Waals surface area contributed by atoms with Gasteiger partial charge in [-0.05, 0) is 48.5 Å². The van der Waals surface area contributed by atoms with E-state index in [9.17, 15) is 8.42 Å². The van der Waals surface area contributed by atoms with E-state index in [1.807, 2.05) is 0 Å². The maximum absolute atomic E-state index is 12.6. The summed E-state index contributed by atoms with van der Waals surface area (Å²) in [5.41, 5.74) is 0.383. The van der Waals surface area contributed by atoms with Gasteiger partial charge in [-0.15, -0.1) is 10.2 Å². The summed E-state index contributed by atoms with van der Waals surface area (Å²) in [7, 11) is -2.38. The Morgan fingerprint density at radius 1 is 0.933 bits per heavy atom. The molecule has 0 saturated carbocycles. The summed E-state index contributed by atoms with van der Waals surface area (Å²) in [6.45, 7) is 0. The summed E-state index contributed by atoms with van der Waals surface area (Å²) in [4.78, 5) is 0.0559. The topological polar surface area (TPSA) is 108 Å². The minimum absolute atomic E-state index is 0.0559. The normalized spacial score (nSPS) is 11.1. The van der Waals surface area contributed by atoms with Gasteiger partial charge in [0, 0.05) is 24.1 Å². The van der Waals surface area contributed by atoms with Gasteiger partial charge in [-0.1, -0.05) is 12.1 Å². The number of rotatable bonds is 7. The highest BCUT2D eigenvalue weighted by atomic mass is 32.2. The zero-order valence-electron chi connectivity index (χ0n) is 15.8. The van der Waals surface area contributed by atoms with Crippen molar-refractivity contribution in [1.29, 1.82) is 0 Å². The maximum Gasteiger partial charge on any atom is 0.265 e. The molecule has 0 aliphatic rings. The molecule has 9 nitrogen and oxygen atoms in total. The number of nitrogens with zero attached hydrogens (tertiary/aromatic N) is 4. The highest BCUT2D eigenvalue weighted by Crippen LogP contribution is 2.27. The predicted octanol–water partition coefficient (Wildman–Crippen LogP) is 3.26. The number of nitrogens with one attached hydrogen (secondary N) is 1. The Morgan fingerprint density at radius 2 is 1.73 bits per heavy atom. The Hall–Kier alpha value is -3.92. The third-order valence-corrected chi connectivity index (χ3v) is 5.47. The lowest BCUT2D eigenvalue weighted by molar-refractivity contribution is 0.403. The molecule has 0 fully saturated rings. The molecule has 10 heteroatoms. The highest BCUT2D eigenvalue weighted by molar-refractivity contribution is 7.92. The molecule has 4 aromatic rings. The smallest absolute Gasteiger partial charge is 0.265 e. The van der Waals surface area contributed by atoms with Crippen molar-refractivity contribution in [2.45, 2.75) is 4.90 Å². The summed E-state index contributed by atoms with van der Waals surface area (Å²) in [6, 6.07) is 18.0. The Balaban J connectivity index is 1.45. The van der Waals surface area contributed by atoms with Crippen molar-refractivity contribution in [3.8, 4) is 23.2 Å². The van der Waals surface area contributed by atoms with Crippen LogP contribution in [0, 0.1) is 0 Å². The lowest BCUT2D eigenvalue weighted by atomic mass is 10.3. The zero-order chi connectivity index (χ0) is 21.0. The molecule has 2 aromatic carbocycles. The van der Waals surface area contributed by atoms with Crippen molar-refractivity contribution in [3.05, 3.63) is 79.1 Å². The van der Waals surface area contributed by atoms with E-state index >= 15 is 0 Å². The molecular formula is C20H17N5O4S. The first-order chi connectivity index (χ1) is 14.5. The van der Waals surface area contributed by atoms with Crippen molar-refractivity contribution in [2.24, 2.45) is 0 Å². The number of para-hydroxylation sites is 1. The van der Waals surface area contributed by atoms with Crippen LogP contribution in [0.2, 0.25) is 0 Å². The Bertz CT molecular complexity index is 1230. The number of hydrogen-bond donors (Lipinski definition) is 1. The van der Waals surface area contributed by atoms with E-state index < -0.39 is 10.0 Å². The van der Waals surface area contributed by atoms with E-state index in [1.54, 1.807) is 77.7 Å². The number of ether oxygens (including phenoxy) is 2. The molecular weight excluding hydrogens is 406 g/mol. The van der Waals surface area contributed by atoms with Gasteiger partial charge in [0.05, 0.1) is 7.11 Å². The van der Waals surface area contributed by atoms with Crippen LogP contribution in [0.1, 0.15) is 0 Å². The molecule has 4 rings (SSSR count). The molecule has 0 aliphatic carbocycles. The Labute approximate surface area is 173 Å². The van der Waals surface area contributed by atoms with E-state index in [2.05, 4.69) is 20.0 Å². The van der Waals surface area contributed by atoms with Crippen LogP contribution in [-0.2, 0) is 10.0 Å². The fourth-order valence-corrected chi connectivity index (χ4v) is 3.89. The van der Waals surface area contributed by atoms with Crippen molar-refractivity contribution in [1.82, 2.24) is 20.0 Å². The predicted molar refractivity (Wildman–Crippen MR) is 109 cm³/mol. The lowest BCUT2D eigenvalue weighted by Crippen LogP contribution is -2.13.